The molecule has 0 saturated heterocycles. The van der Waals surface area contributed by atoms with Gasteiger partial charge in [0.15, 0.2) is 0 Å². The predicted octanol–water partition coefficient (Wildman–Crippen LogP) is 1.58. The van der Waals surface area contributed by atoms with E-state index in [1.807, 2.05) is 0 Å². The number of aliphatic imine (C=N–C) groups is 1. The van der Waals surface area contributed by atoms with Gasteiger partial charge in [-0.05, 0) is 31.2 Å². The second-order valence-corrected chi connectivity index (χ2v) is 2.58. The molecule has 0 aromatic carbocycles. The van der Waals surface area contributed by atoms with E-state index in [9.17, 15) is 0 Å². The van der Waals surface area contributed by atoms with Crippen molar-refractivity contribution >= 4 is 6.72 Å². The summed E-state index contributed by atoms with van der Waals surface area (Å²) in [6, 6.07) is 0. The number of nitrogens with zero attached hydrogens (tertiary/aromatic N) is 1. The minimum atomic E-state index is 0.536. The first kappa shape index (κ1) is 9.37. The van der Waals surface area contributed by atoms with E-state index in [1.165, 1.54) is 5.57 Å². The molecule has 0 unspecified atom stereocenters. The van der Waals surface area contributed by atoms with E-state index in [2.05, 4.69) is 25.6 Å². The topological polar surface area (TPSA) is 38.4 Å². The molecule has 0 bridgehead atoms. The van der Waals surface area contributed by atoms with Crippen molar-refractivity contribution in [3.05, 3.63) is 11.8 Å². The summed E-state index contributed by atoms with van der Waals surface area (Å²) in [7, 11) is 0. The van der Waals surface area contributed by atoms with Crippen molar-refractivity contribution in [3.8, 4) is 0 Å². The van der Waals surface area contributed by atoms with E-state index in [0.29, 0.717) is 12.5 Å². The van der Waals surface area contributed by atoms with Crippen molar-refractivity contribution in [2.24, 2.45) is 16.6 Å². The quantitative estimate of drug-likeness (QED) is 0.591. The Morgan fingerprint density at radius 3 is 2.60 bits per heavy atom. The predicted molar refractivity (Wildman–Crippen MR) is 46.1 cm³/mol. The van der Waals surface area contributed by atoms with Gasteiger partial charge in [-0.25, -0.2) is 0 Å². The van der Waals surface area contributed by atoms with Crippen molar-refractivity contribution in [1.82, 2.24) is 0 Å². The van der Waals surface area contributed by atoms with Crippen molar-refractivity contribution < 1.29 is 0 Å². The normalized spacial score (nSPS) is 12.2. The van der Waals surface area contributed by atoms with Gasteiger partial charge in [-0.15, -0.1) is 0 Å². The average molecular weight is 140 g/mol. The molecule has 0 aromatic heterocycles. The molecule has 0 aliphatic carbocycles. The first-order chi connectivity index (χ1) is 4.72. The molecule has 0 aliphatic heterocycles. The number of hydrogen-bond acceptors (Lipinski definition) is 2. The smallest absolute Gasteiger partial charge is 0.0255 e. The molecule has 0 saturated carbocycles. The highest BCUT2D eigenvalue weighted by Crippen LogP contribution is 2.12. The van der Waals surface area contributed by atoms with Crippen LogP contribution in [0.3, 0.4) is 0 Å². The van der Waals surface area contributed by atoms with Crippen molar-refractivity contribution in [2.45, 2.75) is 20.3 Å². The molecule has 0 aliphatic rings. The van der Waals surface area contributed by atoms with Gasteiger partial charge in [-0.3, -0.25) is 4.99 Å². The summed E-state index contributed by atoms with van der Waals surface area (Å²) in [4.78, 5) is 3.71. The SMILES string of the molecule is C=N/C=C(\CCN)C(C)C. The standard InChI is InChI=1S/C8H16N2/c1-7(2)8(4-5-9)6-10-3/h6-7H,3-5,9H2,1-2H3/b8-6+. The molecular formula is C8H16N2. The van der Waals surface area contributed by atoms with E-state index in [0.717, 1.165) is 6.42 Å². The molecule has 0 rings (SSSR count). The maximum absolute atomic E-state index is 5.39. The molecule has 10 heavy (non-hydrogen) atoms. The Morgan fingerprint density at radius 1 is 1.70 bits per heavy atom. The van der Waals surface area contributed by atoms with Gasteiger partial charge in [0, 0.05) is 6.20 Å². The van der Waals surface area contributed by atoms with Crippen LogP contribution in [0.5, 0.6) is 0 Å². The van der Waals surface area contributed by atoms with E-state index in [1.54, 1.807) is 6.20 Å². The van der Waals surface area contributed by atoms with Gasteiger partial charge in [0.2, 0.25) is 0 Å². The number of rotatable bonds is 4. The first-order valence-corrected chi connectivity index (χ1v) is 3.57. The molecule has 58 valence electrons. The number of nitrogens with two attached hydrogens (primary N) is 1. The first-order valence-electron chi connectivity index (χ1n) is 3.57. The molecule has 0 aromatic rings. The van der Waals surface area contributed by atoms with Crippen LogP contribution in [0.15, 0.2) is 16.8 Å². The lowest BCUT2D eigenvalue weighted by molar-refractivity contribution is 0.711. The highest BCUT2D eigenvalue weighted by molar-refractivity contribution is 5.26. The van der Waals surface area contributed by atoms with E-state index < -0.39 is 0 Å². The highest BCUT2D eigenvalue weighted by Gasteiger charge is 1.99. The summed E-state index contributed by atoms with van der Waals surface area (Å²) >= 11 is 0. The molecule has 2 heteroatoms. The Labute approximate surface area is 62.8 Å². The minimum absolute atomic E-state index is 0.536. The fourth-order valence-electron chi connectivity index (χ4n) is 0.786. The van der Waals surface area contributed by atoms with Crippen LogP contribution in [0.1, 0.15) is 20.3 Å². The zero-order chi connectivity index (χ0) is 7.98. The summed E-state index contributed by atoms with van der Waals surface area (Å²) < 4.78 is 0. The Morgan fingerprint density at radius 2 is 2.30 bits per heavy atom. The van der Waals surface area contributed by atoms with Gasteiger partial charge in [-0.1, -0.05) is 13.8 Å². The van der Waals surface area contributed by atoms with Gasteiger partial charge in [0.25, 0.3) is 0 Å². The number of hydrogen-bond donors (Lipinski definition) is 1. The Balaban J connectivity index is 3.97. The van der Waals surface area contributed by atoms with E-state index in [4.69, 9.17) is 5.73 Å². The van der Waals surface area contributed by atoms with Gasteiger partial charge in [0.05, 0.1) is 0 Å². The third-order valence-corrected chi connectivity index (χ3v) is 1.43. The van der Waals surface area contributed by atoms with Gasteiger partial charge < -0.3 is 5.73 Å². The average Bonchev–Trinajstić information content (AvgIpc) is 1.87. The monoisotopic (exact) mass is 140 g/mol. The molecule has 0 radical (unpaired) electrons. The highest BCUT2D eigenvalue weighted by atomic mass is 14.6. The van der Waals surface area contributed by atoms with Crippen LogP contribution < -0.4 is 5.73 Å². The third-order valence-electron chi connectivity index (χ3n) is 1.43. The molecule has 2 nitrogen and oxygen atoms in total. The van der Waals surface area contributed by atoms with Crippen LogP contribution in [-0.4, -0.2) is 13.3 Å². The fraction of sp³-hybridized carbons (Fsp3) is 0.625. The van der Waals surface area contributed by atoms with E-state index >= 15 is 0 Å². The van der Waals surface area contributed by atoms with Crippen LogP contribution in [0.2, 0.25) is 0 Å². The van der Waals surface area contributed by atoms with Crippen LogP contribution in [0.4, 0.5) is 0 Å². The lowest BCUT2D eigenvalue weighted by atomic mass is 10.0. The third kappa shape index (κ3) is 3.41. The Hall–Kier alpha value is -0.630. The zero-order valence-corrected chi connectivity index (χ0v) is 6.80. The molecule has 0 amide bonds. The Kier molecular flexibility index (Phi) is 4.85. The van der Waals surface area contributed by atoms with Crippen molar-refractivity contribution in [1.29, 1.82) is 0 Å². The summed E-state index contributed by atoms with van der Waals surface area (Å²) in [5.41, 5.74) is 6.67. The molecule has 0 heterocycles. The minimum Gasteiger partial charge on any atom is -0.330 e. The van der Waals surface area contributed by atoms with Crippen LogP contribution in [0, 0.1) is 5.92 Å². The second kappa shape index (κ2) is 5.18. The maximum atomic E-state index is 5.39. The van der Waals surface area contributed by atoms with Gasteiger partial charge in [0.1, 0.15) is 0 Å². The fourth-order valence-corrected chi connectivity index (χ4v) is 0.786. The van der Waals surface area contributed by atoms with Gasteiger partial charge >= 0.3 is 0 Å². The summed E-state index contributed by atoms with van der Waals surface area (Å²) in [5.74, 6) is 0.536. The molecule has 2 N–H and O–H groups in total. The Bertz CT molecular complexity index is 125. The van der Waals surface area contributed by atoms with Crippen LogP contribution >= 0.6 is 0 Å². The molecule has 0 fully saturated rings. The summed E-state index contributed by atoms with van der Waals surface area (Å²) in [6.07, 6.45) is 2.73. The molecule has 0 spiro atoms. The summed E-state index contributed by atoms with van der Waals surface area (Å²) in [5, 5.41) is 0. The van der Waals surface area contributed by atoms with E-state index in [-0.39, 0.29) is 0 Å². The van der Waals surface area contributed by atoms with Crippen LogP contribution in [-0.2, 0) is 0 Å². The van der Waals surface area contributed by atoms with Crippen molar-refractivity contribution in [3.63, 3.8) is 0 Å². The van der Waals surface area contributed by atoms with Crippen molar-refractivity contribution in [2.75, 3.05) is 6.54 Å². The maximum Gasteiger partial charge on any atom is 0.0255 e. The molecular weight excluding hydrogens is 124 g/mol. The molecule has 0 atom stereocenters. The zero-order valence-electron chi connectivity index (χ0n) is 6.80. The lowest BCUT2D eigenvalue weighted by Crippen LogP contribution is -2.03. The lowest BCUT2D eigenvalue weighted by Gasteiger charge is -2.07. The van der Waals surface area contributed by atoms with Gasteiger partial charge in [-0.2, -0.15) is 0 Å². The second-order valence-electron chi connectivity index (χ2n) is 2.58. The summed E-state index contributed by atoms with van der Waals surface area (Å²) in [6.45, 7) is 8.36. The largest absolute Gasteiger partial charge is 0.330 e. The van der Waals surface area contributed by atoms with Crippen LogP contribution in [0.25, 0.3) is 0 Å².